The molecular formula is C12H21N5O3. The fraction of sp³-hybridized carbons (Fsp3) is 0.667. The summed E-state index contributed by atoms with van der Waals surface area (Å²) in [4.78, 5) is 22.1. The molecule has 0 atom stereocenters. The first-order chi connectivity index (χ1) is 9.56. The maximum atomic E-state index is 11.5. The van der Waals surface area contributed by atoms with E-state index in [9.17, 15) is 9.59 Å². The van der Waals surface area contributed by atoms with Gasteiger partial charge in [-0.2, -0.15) is 0 Å². The standard InChI is InChI=1S/C12H21N5O3/c1-3-9(4-2)7-14-12(20)13-5-6-17-8-10(11(18)19)15-16-17/h8-9H,3-7H2,1-2H3,(H,18,19)(H2,13,14,20). The van der Waals surface area contributed by atoms with Crippen LogP contribution in [-0.2, 0) is 6.54 Å². The highest BCUT2D eigenvalue weighted by molar-refractivity contribution is 5.84. The van der Waals surface area contributed by atoms with Crippen LogP contribution in [0.1, 0.15) is 37.2 Å². The normalized spacial score (nSPS) is 10.6. The summed E-state index contributed by atoms with van der Waals surface area (Å²) in [7, 11) is 0. The topological polar surface area (TPSA) is 109 Å². The van der Waals surface area contributed by atoms with E-state index in [-0.39, 0.29) is 11.7 Å². The van der Waals surface area contributed by atoms with Gasteiger partial charge in [-0.1, -0.05) is 31.9 Å². The van der Waals surface area contributed by atoms with Crippen molar-refractivity contribution in [1.82, 2.24) is 25.6 Å². The number of aromatic carboxylic acids is 1. The number of carboxylic acid groups (broad SMARTS) is 1. The quantitative estimate of drug-likeness (QED) is 0.651. The lowest BCUT2D eigenvalue weighted by Crippen LogP contribution is -2.39. The second kappa shape index (κ2) is 8.13. The Balaban J connectivity index is 2.22. The molecule has 0 bridgehead atoms. The van der Waals surface area contributed by atoms with E-state index in [1.54, 1.807) is 0 Å². The third kappa shape index (κ3) is 5.25. The van der Waals surface area contributed by atoms with Crippen LogP contribution in [0.25, 0.3) is 0 Å². The Morgan fingerprint density at radius 1 is 1.35 bits per heavy atom. The van der Waals surface area contributed by atoms with Gasteiger partial charge in [0.15, 0.2) is 5.69 Å². The van der Waals surface area contributed by atoms with Crippen LogP contribution in [0.15, 0.2) is 6.20 Å². The van der Waals surface area contributed by atoms with Crippen LogP contribution in [0.5, 0.6) is 0 Å². The van der Waals surface area contributed by atoms with E-state index in [1.165, 1.54) is 10.9 Å². The first-order valence-corrected chi connectivity index (χ1v) is 6.71. The monoisotopic (exact) mass is 283 g/mol. The van der Waals surface area contributed by atoms with E-state index in [2.05, 4.69) is 34.8 Å². The van der Waals surface area contributed by atoms with Crippen molar-refractivity contribution in [3.63, 3.8) is 0 Å². The number of carbonyl (C=O) groups is 2. The second-order valence-electron chi connectivity index (χ2n) is 4.49. The highest BCUT2D eigenvalue weighted by atomic mass is 16.4. The van der Waals surface area contributed by atoms with E-state index in [0.717, 1.165) is 12.8 Å². The first kappa shape index (κ1) is 15.9. The zero-order chi connectivity index (χ0) is 15.0. The Morgan fingerprint density at radius 3 is 2.60 bits per heavy atom. The van der Waals surface area contributed by atoms with Gasteiger partial charge < -0.3 is 15.7 Å². The number of hydrogen-bond acceptors (Lipinski definition) is 4. The molecule has 20 heavy (non-hydrogen) atoms. The van der Waals surface area contributed by atoms with Gasteiger partial charge in [-0.05, 0) is 5.92 Å². The minimum Gasteiger partial charge on any atom is -0.476 e. The zero-order valence-corrected chi connectivity index (χ0v) is 11.8. The molecule has 0 aliphatic carbocycles. The van der Waals surface area contributed by atoms with Gasteiger partial charge in [0.1, 0.15) is 0 Å². The highest BCUT2D eigenvalue weighted by Crippen LogP contribution is 2.04. The molecule has 0 aliphatic heterocycles. The molecule has 1 aromatic heterocycles. The Hall–Kier alpha value is -2.12. The Bertz CT molecular complexity index is 442. The Morgan fingerprint density at radius 2 is 2.05 bits per heavy atom. The Labute approximate surface area is 117 Å². The van der Waals surface area contributed by atoms with Gasteiger partial charge in [-0.25, -0.2) is 14.3 Å². The fourth-order valence-corrected chi connectivity index (χ4v) is 1.67. The van der Waals surface area contributed by atoms with Gasteiger partial charge >= 0.3 is 12.0 Å². The number of nitrogens with one attached hydrogen (secondary N) is 2. The third-order valence-corrected chi connectivity index (χ3v) is 3.09. The van der Waals surface area contributed by atoms with Gasteiger partial charge in [0.25, 0.3) is 0 Å². The molecular weight excluding hydrogens is 262 g/mol. The summed E-state index contributed by atoms with van der Waals surface area (Å²) in [5, 5.41) is 21.3. The molecule has 0 spiro atoms. The maximum absolute atomic E-state index is 11.5. The van der Waals surface area contributed by atoms with Crippen molar-refractivity contribution in [2.45, 2.75) is 33.2 Å². The van der Waals surface area contributed by atoms with Crippen molar-refractivity contribution in [3.8, 4) is 0 Å². The molecule has 0 aliphatic rings. The van der Waals surface area contributed by atoms with Gasteiger partial charge in [0.05, 0.1) is 12.7 Å². The number of urea groups is 1. The smallest absolute Gasteiger partial charge is 0.358 e. The molecule has 0 saturated heterocycles. The van der Waals surface area contributed by atoms with E-state index < -0.39 is 5.97 Å². The van der Waals surface area contributed by atoms with E-state index in [1.807, 2.05) is 0 Å². The number of carboxylic acids is 1. The molecule has 3 N–H and O–H groups in total. The van der Waals surface area contributed by atoms with Crippen molar-refractivity contribution < 1.29 is 14.7 Å². The average Bonchev–Trinajstić information content (AvgIpc) is 2.89. The minimum absolute atomic E-state index is 0.108. The summed E-state index contributed by atoms with van der Waals surface area (Å²) in [6.07, 6.45) is 3.40. The number of aromatic nitrogens is 3. The van der Waals surface area contributed by atoms with Gasteiger partial charge in [0, 0.05) is 13.1 Å². The van der Waals surface area contributed by atoms with E-state index >= 15 is 0 Å². The lowest BCUT2D eigenvalue weighted by Gasteiger charge is -2.13. The molecule has 1 aromatic rings. The number of nitrogens with zero attached hydrogens (tertiary/aromatic N) is 3. The summed E-state index contributed by atoms with van der Waals surface area (Å²) in [6, 6.07) is -0.226. The third-order valence-electron chi connectivity index (χ3n) is 3.09. The molecule has 0 radical (unpaired) electrons. The first-order valence-electron chi connectivity index (χ1n) is 6.71. The van der Waals surface area contributed by atoms with Gasteiger partial charge in [-0.15, -0.1) is 5.10 Å². The van der Waals surface area contributed by atoms with E-state index in [0.29, 0.717) is 25.6 Å². The molecule has 0 aromatic carbocycles. The molecule has 2 amide bonds. The minimum atomic E-state index is -1.12. The predicted molar refractivity (Wildman–Crippen MR) is 72.5 cm³/mol. The molecule has 1 rings (SSSR count). The highest BCUT2D eigenvalue weighted by Gasteiger charge is 2.08. The van der Waals surface area contributed by atoms with Crippen LogP contribution in [0, 0.1) is 5.92 Å². The van der Waals surface area contributed by atoms with Crippen LogP contribution < -0.4 is 10.6 Å². The molecule has 0 fully saturated rings. The van der Waals surface area contributed by atoms with Crippen LogP contribution in [-0.4, -0.2) is 45.2 Å². The van der Waals surface area contributed by atoms with Gasteiger partial charge in [-0.3, -0.25) is 0 Å². The molecule has 0 unspecified atom stereocenters. The second-order valence-corrected chi connectivity index (χ2v) is 4.49. The maximum Gasteiger partial charge on any atom is 0.358 e. The lowest BCUT2D eigenvalue weighted by molar-refractivity contribution is 0.0690. The van der Waals surface area contributed by atoms with Crippen molar-refractivity contribution in [1.29, 1.82) is 0 Å². The lowest BCUT2D eigenvalue weighted by atomic mass is 10.0. The van der Waals surface area contributed by atoms with Crippen molar-refractivity contribution in [3.05, 3.63) is 11.9 Å². The number of carbonyl (C=O) groups excluding carboxylic acids is 1. The zero-order valence-electron chi connectivity index (χ0n) is 11.8. The summed E-state index contributed by atoms with van der Waals surface area (Å²) >= 11 is 0. The summed E-state index contributed by atoms with van der Waals surface area (Å²) < 4.78 is 1.38. The molecule has 112 valence electrons. The van der Waals surface area contributed by atoms with Crippen molar-refractivity contribution in [2.75, 3.05) is 13.1 Å². The number of amides is 2. The fourth-order valence-electron chi connectivity index (χ4n) is 1.67. The molecule has 0 saturated carbocycles. The van der Waals surface area contributed by atoms with Gasteiger partial charge in [0.2, 0.25) is 0 Å². The van der Waals surface area contributed by atoms with Crippen LogP contribution in [0.3, 0.4) is 0 Å². The van der Waals surface area contributed by atoms with Crippen LogP contribution >= 0.6 is 0 Å². The number of hydrogen-bond donors (Lipinski definition) is 3. The molecule has 8 nitrogen and oxygen atoms in total. The summed E-state index contributed by atoms with van der Waals surface area (Å²) in [5.74, 6) is -0.624. The molecule has 1 heterocycles. The van der Waals surface area contributed by atoms with Crippen molar-refractivity contribution in [2.24, 2.45) is 5.92 Å². The van der Waals surface area contributed by atoms with Crippen LogP contribution in [0.2, 0.25) is 0 Å². The largest absolute Gasteiger partial charge is 0.476 e. The number of rotatable bonds is 8. The Kier molecular flexibility index (Phi) is 6.48. The average molecular weight is 283 g/mol. The van der Waals surface area contributed by atoms with Crippen molar-refractivity contribution >= 4 is 12.0 Å². The molecule has 8 heteroatoms. The summed E-state index contributed by atoms with van der Waals surface area (Å²) in [6.45, 7) is 5.58. The predicted octanol–water partition coefficient (Wildman–Crippen LogP) is 0.712. The van der Waals surface area contributed by atoms with E-state index in [4.69, 9.17) is 5.11 Å². The summed E-state index contributed by atoms with van der Waals surface area (Å²) in [5.41, 5.74) is -0.108. The SMILES string of the molecule is CCC(CC)CNC(=O)NCCn1cc(C(=O)O)nn1. The van der Waals surface area contributed by atoms with Crippen LogP contribution in [0.4, 0.5) is 4.79 Å².